The lowest BCUT2D eigenvalue weighted by atomic mass is 10.2. The average molecular weight is 133 g/mol. The maximum atomic E-state index is 5.67. The summed E-state index contributed by atoms with van der Waals surface area (Å²) in [6.07, 6.45) is 0. The quantitative estimate of drug-likeness (QED) is 0.482. The molecule has 0 radical (unpaired) electrons. The molecule has 1 atom stereocenters. The van der Waals surface area contributed by atoms with Crippen LogP contribution in [0.3, 0.4) is 0 Å². The van der Waals surface area contributed by atoms with E-state index in [1.807, 2.05) is 12.1 Å². The van der Waals surface area contributed by atoms with Gasteiger partial charge in [-0.05, 0) is 0 Å². The van der Waals surface area contributed by atoms with E-state index in [1.165, 1.54) is 0 Å². The highest BCUT2D eigenvalue weighted by Gasteiger charge is 2.16. The van der Waals surface area contributed by atoms with E-state index in [0.29, 0.717) is 5.92 Å². The Hall–Kier alpha value is -0.240. The molecule has 0 saturated heterocycles. The summed E-state index contributed by atoms with van der Waals surface area (Å²) in [6, 6.07) is 0. The number of rotatable bonds is 0. The minimum absolute atomic E-state index is 0.432. The molecule has 1 rings (SSSR count). The molecular formula is C5H9ClN2. The molecule has 0 N–H and O–H groups in total. The van der Waals surface area contributed by atoms with Crippen molar-refractivity contribution in [3.63, 3.8) is 0 Å². The van der Waals surface area contributed by atoms with E-state index >= 15 is 0 Å². The van der Waals surface area contributed by atoms with Gasteiger partial charge in [0.05, 0.1) is 0 Å². The highest BCUT2D eigenvalue weighted by atomic mass is 35.5. The van der Waals surface area contributed by atoms with E-state index in [9.17, 15) is 0 Å². The maximum absolute atomic E-state index is 5.67. The Labute approximate surface area is 54.1 Å². The summed E-state index contributed by atoms with van der Waals surface area (Å²) in [6.45, 7) is 3.02. The van der Waals surface area contributed by atoms with Crippen molar-refractivity contribution in [3.8, 4) is 0 Å². The van der Waals surface area contributed by atoms with Gasteiger partial charge in [0.1, 0.15) is 5.17 Å². The first-order valence-electron chi connectivity index (χ1n) is 2.65. The first-order chi connectivity index (χ1) is 3.70. The van der Waals surface area contributed by atoms with Crippen molar-refractivity contribution in [3.05, 3.63) is 0 Å². The molecule has 0 aromatic rings. The average Bonchev–Trinajstić information content (AvgIpc) is 1.85. The zero-order valence-electron chi connectivity index (χ0n) is 5.06. The number of halogens is 1. The Bertz CT molecular complexity index is 122. The first kappa shape index (κ1) is 5.89. The summed E-state index contributed by atoms with van der Waals surface area (Å²) in [5, 5.41) is 6.57. The van der Waals surface area contributed by atoms with Crippen molar-refractivity contribution in [1.29, 1.82) is 0 Å². The molecule has 0 fully saturated rings. The van der Waals surface area contributed by atoms with Crippen molar-refractivity contribution in [1.82, 2.24) is 5.01 Å². The predicted molar refractivity (Wildman–Crippen MR) is 35.1 cm³/mol. The first-order valence-corrected chi connectivity index (χ1v) is 3.03. The van der Waals surface area contributed by atoms with Crippen LogP contribution in [0.2, 0.25) is 0 Å². The molecular weight excluding hydrogens is 124 g/mol. The SMILES string of the molecule is CC1CN(C)N=C1Cl. The molecule has 1 unspecified atom stereocenters. The highest BCUT2D eigenvalue weighted by molar-refractivity contribution is 6.66. The summed E-state index contributed by atoms with van der Waals surface area (Å²) < 4.78 is 0. The van der Waals surface area contributed by atoms with Gasteiger partial charge in [-0.1, -0.05) is 18.5 Å². The fraction of sp³-hybridized carbons (Fsp3) is 0.800. The topological polar surface area (TPSA) is 15.6 Å². The van der Waals surface area contributed by atoms with Crippen LogP contribution in [0.4, 0.5) is 0 Å². The van der Waals surface area contributed by atoms with Gasteiger partial charge in [0, 0.05) is 19.5 Å². The third-order valence-corrected chi connectivity index (χ3v) is 1.66. The van der Waals surface area contributed by atoms with Crippen molar-refractivity contribution >= 4 is 16.8 Å². The van der Waals surface area contributed by atoms with E-state index in [1.54, 1.807) is 0 Å². The third-order valence-electron chi connectivity index (χ3n) is 1.21. The van der Waals surface area contributed by atoms with Crippen LogP contribution >= 0.6 is 11.6 Å². The van der Waals surface area contributed by atoms with Crippen molar-refractivity contribution in [2.24, 2.45) is 11.0 Å². The van der Waals surface area contributed by atoms with Crippen LogP contribution in [-0.4, -0.2) is 23.8 Å². The van der Waals surface area contributed by atoms with Gasteiger partial charge in [-0.15, -0.1) is 0 Å². The van der Waals surface area contributed by atoms with Crippen molar-refractivity contribution in [2.45, 2.75) is 6.92 Å². The molecule has 0 amide bonds. The minimum atomic E-state index is 0.432. The molecule has 3 heteroatoms. The van der Waals surface area contributed by atoms with Gasteiger partial charge >= 0.3 is 0 Å². The summed E-state index contributed by atoms with van der Waals surface area (Å²) in [5.41, 5.74) is 0. The monoisotopic (exact) mass is 132 g/mol. The largest absolute Gasteiger partial charge is 0.298 e. The van der Waals surface area contributed by atoms with E-state index in [4.69, 9.17) is 11.6 Å². The molecule has 0 aromatic heterocycles. The normalized spacial score (nSPS) is 28.6. The van der Waals surface area contributed by atoms with Crippen LogP contribution in [-0.2, 0) is 0 Å². The van der Waals surface area contributed by atoms with Gasteiger partial charge in [0.2, 0.25) is 0 Å². The highest BCUT2D eigenvalue weighted by Crippen LogP contribution is 2.12. The standard InChI is InChI=1S/C5H9ClN2/c1-4-3-8(2)7-5(4)6/h4H,3H2,1-2H3. The summed E-state index contributed by atoms with van der Waals surface area (Å²) >= 11 is 5.67. The number of nitrogens with zero attached hydrogens (tertiary/aromatic N) is 2. The maximum Gasteiger partial charge on any atom is 0.130 e. The molecule has 1 aliphatic heterocycles. The van der Waals surface area contributed by atoms with E-state index in [-0.39, 0.29) is 0 Å². The van der Waals surface area contributed by atoms with Crippen LogP contribution < -0.4 is 0 Å². The molecule has 2 nitrogen and oxygen atoms in total. The van der Waals surface area contributed by atoms with Gasteiger partial charge in [0.15, 0.2) is 0 Å². The Morgan fingerprint density at radius 1 is 1.88 bits per heavy atom. The van der Waals surface area contributed by atoms with Gasteiger partial charge in [-0.2, -0.15) is 5.10 Å². The minimum Gasteiger partial charge on any atom is -0.298 e. The smallest absolute Gasteiger partial charge is 0.130 e. The van der Waals surface area contributed by atoms with E-state index in [2.05, 4.69) is 12.0 Å². The second-order valence-corrected chi connectivity index (χ2v) is 2.55. The van der Waals surface area contributed by atoms with Gasteiger partial charge < -0.3 is 0 Å². The van der Waals surface area contributed by atoms with E-state index < -0.39 is 0 Å². The number of hydrazone groups is 1. The third kappa shape index (κ3) is 0.944. The lowest BCUT2D eigenvalue weighted by Crippen LogP contribution is -2.11. The molecule has 1 heterocycles. The van der Waals surface area contributed by atoms with Gasteiger partial charge in [0.25, 0.3) is 0 Å². The van der Waals surface area contributed by atoms with E-state index in [0.717, 1.165) is 11.7 Å². The predicted octanol–water partition coefficient (Wildman–Crippen LogP) is 1.12. The second-order valence-electron chi connectivity index (χ2n) is 2.16. The number of hydrogen-bond donors (Lipinski definition) is 0. The lowest BCUT2D eigenvalue weighted by Gasteiger charge is -2.03. The van der Waals surface area contributed by atoms with Gasteiger partial charge in [-0.25, -0.2) is 0 Å². The van der Waals surface area contributed by atoms with Gasteiger partial charge in [-0.3, -0.25) is 5.01 Å². The van der Waals surface area contributed by atoms with Crippen molar-refractivity contribution < 1.29 is 0 Å². The Kier molecular flexibility index (Phi) is 1.43. The molecule has 0 aliphatic carbocycles. The lowest BCUT2D eigenvalue weighted by molar-refractivity contribution is 0.368. The molecule has 8 heavy (non-hydrogen) atoms. The summed E-state index contributed by atoms with van der Waals surface area (Å²) in [5.74, 6) is 0.432. The zero-order valence-corrected chi connectivity index (χ0v) is 5.81. The van der Waals surface area contributed by atoms with Crippen LogP contribution in [0.15, 0.2) is 5.10 Å². The summed E-state index contributed by atoms with van der Waals surface area (Å²) in [7, 11) is 1.92. The zero-order chi connectivity index (χ0) is 6.15. The van der Waals surface area contributed by atoms with Crippen LogP contribution in [0.1, 0.15) is 6.92 Å². The molecule has 0 bridgehead atoms. The summed E-state index contributed by atoms with van der Waals surface area (Å²) in [4.78, 5) is 0. The Balaban J connectivity index is 2.59. The molecule has 0 aromatic carbocycles. The molecule has 0 spiro atoms. The van der Waals surface area contributed by atoms with Crippen LogP contribution in [0.5, 0.6) is 0 Å². The fourth-order valence-electron chi connectivity index (χ4n) is 0.774. The number of hydrogen-bond acceptors (Lipinski definition) is 2. The van der Waals surface area contributed by atoms with Crippen LogP contribution in [0, 0.1) is 5.92 Å². The van der Waals surface area contributed by atoms with Crippen LogP contribution in [0.25, 0.3) is 0 Å². The molecule has 46 valence electrons. The Morgan fingerprint density at radius 3 is 2.62 bits per heavy atom. The molecule has 0 saturated carbocycles. The fourth-order valence-corrected chi connectivity index (χ4v) is 0.972. The second kappa shape index (κ2) is 1.94. The molecule has 1 aliphatic rings. The Morgan fingerprint density at radius 2 is 2.50 bits per heavy atom. The van der Waals surface area contributed by atoms with Crippen molar-refractivity contribution in [2.75, 3.05) is 13.6 Å².